The van der Waals surface area contributed by atoms with Gasteiger partial charge in [0.1, 0.15) is 17.6 Å². The molecule has 1 aliphatic rings. The molecule has 0 bridgehead atoms. The van der Waals surface area contributed by atoms with Gasteiger partial charge in [-0.15, -0.1) is 11.8 Å². The van der Waals surface area contributed by atoms with E-state index in [0.29, 0.717) is 5.69 Å². The number of hydrogen-bond donors (Lipinski definition) is 2. The molecule has 1 heterocycles. The fourth-order valence-corrected chi connectivity index (χ4v) is 3.96. The summed E-state index contributed by atoms with van der Waals surface area (Å²) in [4.78, 5) is 0.109. The molecule has 0 amide bonds. The molecule has 1 saturated heterocycles. The summed E-state index contributed by atoms with van der Waals surface area (Å²) in [6, 6.07) is 7.85. The first-order valence-electron chi connectivity index (χ1n) is 6.22. The van der Waals surface area contributed by atoms with E-state index in [2.05, 4.69) is 20.3 Å². The molecule has 10 heteroatoms. The summed E-state index contributed by atoms with van der Waals surface area (Å²) >= 11 is 1.49. The molecular formula is C12H12N6O2S2. The van der Waals surface area contributed by atoms with Crippen LogP contribution < -0.4 is 10.0 Å². The zero-order chi connectivity index (χ0) is 16.0. The highest BCUT2D eigenvalue weighted by Gasteiger charge is 2.22. The second kappa shape index (κ2) is 7.33. The van der Waals surface area contributed by atoms with Crippen LogP contribution in [0.2, 0.25) is 0 Å². The highest BCUT2D eigenvalue weighted by Crippen LogP contribution is 2.19. The highest BCUT2D eigenvalue weighted by molar-refractivity contribution is 8.01. The summed E-state index contributed by atoms with van der Waals surface area (Å²) < 4.78 is 26.9. The number of nitrogens with zero attached hydrogens (tertiary/aromatic N) is 4. The quantitative estimate of drug-likeness (QED) is 0.774. The SMILES string of the molecule is N#CC(C#N)N=Nc1ccc(S(=O)(=O)NC2NCCS2)cc1. The molecule has 0 spiro atoms. The predicted octanol–water partition coefficient (Wildman–Crippen LogP) is 1.08. The van der Waals surface area contributed by atoms with Crippen molar-refractivity contribution in [3.8, 4) is 12.1 Å². The summed E-state index contributed by atoms with van der Waals surface area (Å²) in [6.07, 6.45) is 0. The number of hydrogen-bond acceptors (Lipinski definition) is 8. The topological polar surface area (TPSA) is 130 Å². The normalized spacial score (nSPS) is 18.4. The monoisotopic (exact) mass is 336 g/mol. The van der Waals surface area contributed by atoms with E-state index in [-0.39, 0.29) is 10.4 Å². The van der Waals surface area contributed by atoms with Crippen molar-refractivity contribution < 1.29 is 8.42 Å². The van der Waals surface area contributed by atoms with Crippen LogP contribution >= 0.6 is 11.8 Å². The van der Waals surface area contributed by atoms with Crippen LogP contribution in [-0.4, -0.2) is 32.3 Å². The van der Waals surface area contributed by atoms with Gasteiger partial charge in [0.25, 0.3) is 0 Å². The molecule has 1 atom stereocenters. The van der Waals surface area contributed by atoms with Crippen molar-refractivity contribution >= 4 is 27.5 Å². The maximum atomic E-state index is 12.2. The van der Waals surface area contributed by atoms with Crippen molar-refractivity contribution in [2.45, 2.75) is 16.4 Å². The fourth-order valence-electron chi connectivity index (χ4n) is 1.61. The first-order chi connectivity index (χ1) is 10.5. The molecule has 1 aliphatic heterocycles. The molecule has 0 aromatic heterocycles. The van der Waals surface area contributed by atoms with Crippen molar-refractivity contribution in [1.29, 1.82) is 10.5 Å². The van der Waals surface area contributed by atoms with Crippen LogP contribution in [-0.2, 0) is 10.0 Å². The Morgan fingerprint density at radius 1 is 1.32 bits per heavy atom. The van der Waals surface area contributed by atoms with Crippen LogP contribution in [0.5, 0.6) is 0 Å². The second-order valence-electron chi connectivity index (χ2n) is 4.20. The van der Waals surface area contributed by atoms with Gasteiger partial charge in [-0.25, -0.2) is 8.42 Å². The number of benzene rings is 1. The number of nitriles is 2. The Morgan fingerprint density at radius 2 is 2.00 bits per heavy atom. The fraction of sp³-hybridized carbons (Fsp3) is 0.333. The maximum absolute atomic E-state index is 12.2. The lowest BCUT2D eigenvalue weighted by Crippen LogP contribution is -2.39. The van der Waals surface area contributed by atoms with E-state index in [0.717, 1.165) is 12.3 Å². The molecule has 2 N–H and O–H groups in total. The van der Waals surface area contributed by atoms with E-state index in [4.69, 9.17) is 10.5 Å². The summed E-state index contributed by atoms with van der Waals surface area (Å²) in [6.45, 7) is 0.760. The van der Waals surface area contributed by atoms with Gasteiger partial charge in [-0.3, -0.25) is 5.32 Å². The van der Waals surface area contributed by atoms with Crippen molar-refractivity contribution in [2.75, 3.05) is 12.3 Å². The van der Waals surface area contributed by atoms with Gasteiger partial charge in [-0.2, -0.15) is 25.5 Å². The maximum Gasteiger partial charge on any atom is 0.242 e. The molecular weight excluding hydrogens is 324 g/mol. The third kappa shape index (κ3) is 4.26. The number of rotatable bonds is 5. The zero-order valence-electron chi connectivity index (χ0n) is 11.3. The number of nitrogens with one attached hydrogen (secondary N) is 2. The minimum atomic E-state index is -3.61. The Morgan fingerprint density at radius 3 is 2.55 bits per heavy atom. The molecule has 0 radical (unpaired) electrons. The van der Waals surface area contributed by atoms with Gasteiger partial charge in [0.2, 0.25) is 16.1 Å². The zero-order valence-corrected chi connectivity index (χ0v) is 12.9. The molecule has 1 aromatic carbocycles. The average Bonchev–Trinajstić information content (AvgIpc) is 3.01. The molecule has 2 rings (SSSR count). The average molecular weight is 336 g/mol. The van der Waals surface area contributed by atoms with Gasteiger partial charge in [0, 0.05) is 12.3 Å². The van der Waals surface area contributed by atoms with Gasteiger partial charge in [0.05, 0.1) is 10.6 Å². The van der Waals surface area contributed by atoms with Crippen molar-refractivity contribution in [2.24, 2.45) is 10.2 Å². The van der Waals surface area contributed by atoms with Crippen LogP contribution in [0.3, 0.4) is 0 Å². The first-order valence-corrected chi connectivity index (χ1v) is 8.76. The van der Waals surface area contributed by atoms with Gasteiger partial charge in [-0.1, -0.05) is 0 Å². The van der Waals surface area contributed by atoms with Crippen LogP contribution in [0.15, 0.2) is 39.4 Å². The molecule has 0 aliphatic carbocycles. The van der Waals surface area contributed by atoms with E-state index >= 15 is 0 Å². The molecule has 8 nitrogen and oxygen atoms in total. The van der Waals surface area contributed by atoms with E-state index in [9.17, 15) is 8.42 Å². The number of thioether (sulfide) groups is 1. The summed E-state index contributed by atoms with van der Waals surface area (Å²) in [5.74, 6) is 0.853. The Bertz CT molecular complexity index is 712. The molecule has 114 valence electrons. The number of azo groups is 1. The largest absolute Gasteiger partial charge is 0.292 e. The molecule has 1 aromatic rings. The van der Waals surface area contributed by atoms with E-state index in [1.165, 1.54) is 36.0 Å². The minimum absolute atomic E-state index is 0.109. The first kappa shape index (κ1) is 16.4. The highest BCUT2D eigenvalue weighted by atomic mass is 32.2. The lowest BCUT2D eigenvalue weighted by atomic mass is 10.3. The Labute approximate surface area is 132 Å². The van der Waals surface area contributed by atoms with Gasteiger partial charge in [-0.05, 0) is 24.3 Å². The predicted molar refractivity (Wildman–Crippen MR) is 80.5 cm³/mol. The van der Waals surface area contributed by atoms with E-state index < -0.39 is 16.1 Å². The lowest BCUT2D eigenvalue weighted by molar-refractivity contribution is 0.568. The van der Waals surface area contributed by atoms with Crippen molar-refractivity contribution in [1.82, 2.24) is 10.0 Å². The van der Waals surface area contributed by atoms with Crippen LogP contribution in [0, 0.1) is 22.7 Å². The van der Waals surface area contributed by atoms with Gasteiger partial charge in [0.15, 0.2) is 0 Å². The van der Waals surface area contributed by atoms with Crippen molar-refractivity contribution in [3.63, 3.8) is 0 Å². The minimum Gasteiger partial charge on any atom is -0.292 e. The van der Waals surface area contributed by atoms with Crippen molar-refractivity contribution in [3.05, 3.63) is 24.3 Å². The lowest BCUT2D eigenvalue weighted by Gasteiger charge is -2.12. The van der Waals surface area contributed by atoms with Gasteiger partial charge < -0.3 is 0 Å². The molecule has 1 fully saturated rings. The third-order valence-electron chi connectivity index (χ3n) is 2.66. The van der Waals surface area contributed by atoms with Crippen LogP contribution in [0.4, 0.5) is 5.69 Å². The van der Waals surface area contributed by atoms with Gasteiger partial charge >= 0.3 is 0 Å². The Balaban J connectivity index is 2.08. The van der Waals surface area contributed by atoms with E-state index in [1.807, 2.05) is 0 Å². The third-order valence-corrected chi connectivity index (χ3v) is 5.30. The van der Waals surface area contributed by atoms with E-state index in [1.54, 1.807) is 12.1 Å². The van der Waals surface area contributed by atoms with Crippen LogP contribution in [0.1, 0.15) is 0 Å². The molecule has 1 unspecified atom stereocenters. The summed E-state index contributed by atoms with van der Waals surface area (Å²) in [5, 5.41) is 27.4. The molecule has 22 heavy (non-hydrogen) atoms. The van der Waals surface area contributed by atoms with Crippen LogP contribution in [0.25, 0.3) is 0 Å². The smallest absolute Gasteiger partial charge is 0.242 e. The Hall–Kier alpha value is -1.98. The summed E-state index contributed by atoms with van der Waals surface area (Å²) in [7, 11) is -3.61. The summed E-state index contributed by atoms with van der Waals surface area (Å²) in [5.41, 5.74) is 0.0409. The second-order valence-corrected chi connectivity index (χ2v) is 7.12. The Kier molecular flexibility index (Phi) is 5.46. The number of sulfonamides is 1. The standard InChI is InChI=1S/C12H12N6O2S2/c13-7-10(8-14)17-16-9-1-3-11(4-2-9)22(19,20)18-12-15-5-6-21-12/h1-4,10,12,15,18H,5-6H2. The molecule has 0 saturated carbocycles.